The molecule has 0 aromatic carbocycles. The molecule has 2 rings (SSSR count). The minimum atomic E-state index is 0.442. The third-order valence-electron chi connectivity index (χ3n) is 3.18. The van der Waals surface area contributed by atoms with Gasteiger partial charge in [0.15, 0.2) is 0 Å². The molecule has 0 saturated heterocycles. The van der Waals surface area contributed by atoms with Gasteiger partial charge >= 0.3 is 0 Å². The Hall–Kier alpha value is -0.440. The van der Waals surface area contributed by atoms with Crippen LogP contribution in [0.5, 0.6) is 0 Å². The molecule has 0 amide bonds. The summed E-state index contributed by atoms with van der Waals surface area (Å²) in [5, 5.41) is 0. The second-order valence-corrected chi connectivity index (χ2v) is 4.66. The molecule has 0 unspecified atom stereocenters. The van der Waals surface area contributed by atoms with Crippen molar-refractivity contribution in [1.82, 2.24) is 0 Å². The SMILES string of the molecule is CC1(C#CC2CCCCC2)CC1. The van der Waals surface area contributed by atoms with Gasteiger partial charge in [-0.1, -0.05) is 31.1 Å². The first-order valence-electron chi connectivity index (χ1n) is 5.31. The number of hydrogen-bond acceptors (Lipinski definition) is 0. The molecule has 12 heavy (non-hydrogen) atoms. The van der Waals surface area contributed by atoms with Crippen LogP contribution in [0.1, 0.15) is 51.9 Å². The highest BCUT2D eigenvalue weighted by molar-refractivity contribution is 5.19. The van der Waals surface area contributed by atoms with E-state index in [9.17, 15) is 0 Å². The van der Waals surface area contributed by atoms with Crippen LogP contribution < -0.4 is 0 Å². The van der Waals surface area contributed by atoms with Gasteiger partial charge in [0, 0.05) is 11.3 Å². The van der Waals surface area contributed by atoms with Crippen LogP contribution in [0.2, 0.25) is 0 Å². The van der Waals surface area contributed by atoms with E-state index in [4.69, 9.17) is 0 Å². The van der Waals surface area contributed by atoms with Gasteiger partial charge in [-0.05, 0) is 32.6 Å². The van der Waals surface area contributed by atoms with Crippen molar-refractivity contribution in [2.75, 3.05) is 0 Å². The Kier molecular flexibility index (Phi) is 2.13. The lowest BCUT2D eigenvalue weighted by molar-refractivity contribution is 0.429. The highest BCUT2D eigenvalue weighted by Gasteiger charge is 2.35. The first-order valence-corrected chi connectivity index (χ1v) is 5.31. The lowest BCUT2D eigenvalue weighted by atomic mass is 9.89. The maximum absolute atomic E-state index is 3.47. The van der Waals surface area contributed by atoms with Gasteiger partial charge in [0.1, 0.15) is 0 Å². The lowest BCUT2D eigenvalue weighted by Gasteiger charge is -2.15. The smallest absolute Gasteiger partial charge is 0.0287 e. The molecule has 2 aliphatic rings. The van der Waals surface area contributed by atoms with E-state index >= 15 is 0 Å². The van der Waals surface area contributed by atoms with Crippen molar-refractivity contribution in [3.05, 3.63) is 0 Å². The van der Waals surface area contributed by atoms with Crippen LogP contribution in [0.15, 0.2) is 0 Å². The van der Waals surface area contributed by atoms with Gasteiger partial charge in [0.2, 0.25) is 0 Å². The zero-order chi connectivity index (χ0) is 8.44. The summed E-state index contributed by atoms with van der Waals surface area (Å²) in [4.78, 5) is 0. The fourth-order valence-corrected chi connectivity index (χ4v) is 1.84. The molecule has 0 nitrogen and oxygen atoms in total. The molecule has 0 bridgehead atoms. The zero-order valence-corrected chi connectivity index (χ0v) is 8.03. The van der Waals surface area contributed by atoms with E-state index in [-0.39, 0.29) is 0 Å². The van der Waals surface area contributed by atoms with Gasteiger partial charge in [0.05, 0.1) is 0 Å². The zero-order valence-electron chi connectivity index (χ0n) is 8.03. The van der Waals surface area contributed by atoms with Crippen LogP contribution >= 0.6 is 0 Å². The second-order valence-electron chi connectivity index (χ2n) is 4.66. The van der Waals surface area contributed by atoms with E-state index in [1.807, 2.05) is 0 Å². The van der Waals surface area contributed by atoms with E-state index < -0.39 is 0 Å². The Morgan fingerprint density at radius 2 is 1.75 bits per heavy atom. The second kappa shape index (κ2) is 3.13. The summed E-state index contributed by atoms with van der Waals surface area (Å²) in [6.45, 7) is 2.29. The van der Waals surface area contributed by atoms with Crippen molar-refractivity contribution in [2.24, 2.45) is 11.3 Å². The van der Waals surface area contributed by atoms with Crippen LogP contribution in [0.3, 0.4) is 0 Å². The van der Waals surface area contributed by atoms with Gasteiger partial charge in [-0.3, -0.25) is 0 Å². The normalized spacial score (nSPS) is 27.4. The van der Waals surface area contributed by atoms with Crippen molar-refractivity contribution in [1.29, 1.82) is 0 Å². The van der Waals surface area contributed by atoms with Gasteiger partial charge in [0.25, 0.3) is 0 Å². The molecule has 0 aromatic rings. The van der Waals surface area contributed by atoms with Crippen molar-refractivity contribution < 1.29 is 0 Å². The summed E-state index contributed by atoms with van der Waals surface area (Å²) in [5.41, 5.74) is 0.442. The molecule has 0 aromatic heterocycles. The molecule has 66 valence electrons. The maximum Gasteiger partial charge on any atom is 0.0287 e. The Labute approximate surface area is 75.7 Å². The molecule has 0 heteroatoms. The molecule has 0 N–H and O–H groups in total. The fraction of sp³-hybridized carbons (Fsp3) is 0.833. The molecular weight excluding hydrogens is 144 g/mol. The van der Waals surface area contributed by atoms with Crippen molar-refractivity contribution in [2.45, 2.75) is 51.9 Å². The van der Waals surface area contributed by atoms with Crippen molar-refractivity contribution in [3.8, 4) is 11.8 Å². The quantitative estimate of drug-likeness (QED) is 0.479. The molecule has 2 fully saturated rings. The van der Waals surface area contributed by atoms with Crippen LogP contribution in [-0.2, 0) is 0 Å². The Balaban J connectivity index is 1.86. The lowest BCUT2D eigenvalue weighted by Crippen LogP contribution is -2.03. The van der Waals surface area contributed by atoms with E-state index in [0.29, 0.717) is 5.41 Å². The van der Waals surface area contributed by atoms with E-state index in [1.165, 1.54) is 44.9 Å². The van der Waals surface area contributed by atoms with Crippen LogP contribution in [0.4, 0.5) is 0 Å². The summed E-state index contributed by atoms with van der Waals surface area (Å²) in [6, 6.07) is 0. The minimum Gasteiger partial charge on any atom is -0.0993 e. The summed E-state index contributed by atoms with van der Waals surface area (Å²) < 4.78 is 0. The van der Waals surface area contributed by atoms with E-state index in [2.05, 4.69) is 18.8 Å². The van der Waals surface area contributed by atoms with Crippen molar-refractivity contribution in [3.63, 3.8) is 0 Å². The van der Waals surface area contributed by atoms with Crippen LogP contribution in [0, 0.1) is 23.2 Å². The van der Waals surface area contributed by atoms with E-state index in [0.717, 1.165) is 5.92 Å². The van der Waals surface area contributed by atoms with E-state index in [1.54, 1.807) is 0 Å². The number of hydrogen-bond donors (Lipinski definition) is 0. The van der Waals surface area contributed by atoms with Gasteiger partial charge in [-0.2, -0.15) is 0 Å². The van der Waals surface area contributed by atoms with Crippen LogP contribution in [0.25, 0.3) is 0 Å². The molecule has 2 aliphatic carbocycles. The standard InChI is InChI=1S/C12H18/c1-12(9-10-12)8-7-11-5-3-2-4-6-11/h11H,2-6,9-10H2,1H3. The summed E-state index contributed by atoms with van der Waals surface area (Å²) in [5.74, 6) is 7.67. The minimum absolute atomic E-state index is 0.442. The third-order valence-corrected chi connectivity index (χ3v) is 3.18. The molecule has 0 radical (unpaired) electrons. The van der Waals surface area contributed by atoms with Crippen LogP contribution in [-0.4, -0.2) is 0 Å². The number of rotatable bonds is 0. The topological polar surface area (TPSA) is 0 Å². The third kappa shape index (κ3) is 2.03. The molecule has 0 heterocycles. The maximum atomic E-state index is 3.47. The predicted octanol–water partition coefficient (Wildman–Crippen LogP) is 3.37. The molecule has 0 spiro atoms. The average Bonchev–Trinajstić information content (AvgIpc) is 2.84. The fourth-order valence-electron chi connectivity index (χ4n) is 1.84. The van der Waals surface area contributed by atoms with Gasteiger partial charge in [-0.15, -0.1) is 0 Å². The highest BCUT2D eigenvalue weighted by Crippen LogP contribution is 2.44. The first-order chi connectivity index (χ1) is 5.79. The largest absolute Gasteiger partial charge is 0.0993 e. The highest BCUT2D eigenvalue weighted by atomic mass is 14.4. The first kappa shape index (κ1) is 8.17. The van der Waals surface area contributed by atoms with Crippen molar-refractivity contribution >= 4 is 0 Å². The summed E-state index contributed by atoms with van der Waals surface area (Å²) in [6.07, 6.45) is 9.67. The predicted molar refractivity (Wildman–Crippen MR) is 51.7 cm³/mol. The van der Waals surface area contributed by atoms with Gasteiger partial charge < -0.3 is 0 Å². The molecule has 2 saturated carbocycles. The molecule has 0 atom stereocenters. The Bertz CT molecular complexity index is 206. The molecule has 0 aliphatic heterocycles. The van der Waals surface area contributed by atoms with Gasteiger partial charge in [-0.25, -0.2) is 0 Å². The average molecular weight is 162 g/mol. The summed E-state index contributed by atoms with van der Waals surface area (Å²) in [7, 11) is 0. The monoisotopic (exact) mass is 162 g/mol. The molecular formula is C12H18. The Morgan fingerprint density at radius 3 is 2.33 bits per heavy atom. The Morgan fingerprint density at radius 1 is 1.08 bits per heavy atom. The summed E-state index contributed by atoms with van der Waals surface area (Å²) >= 11 is 0.